The molecule has 0 unspecified atom stereocenters. The Morgan fingerprint density at radius 2 is 0.958 bits per heavy atom. The first-order chi connectivity index (χ1) is 11.7. The van der Waals surface area contributed by atoms with Crippen molar-refractivity contribution in [1.82, 2.24) is 0 Å². The molecule has 0 saturated heterocycles. The lowest BCUT2D eigenvalue weighted by Gasteiger charge is -2.11. The average Bonchev–Trinajstić information content (AvgIpc) is 2.57. The second-order valence-electron chi connectivity index (χ2n) is 7.64. The van der Waals surface area contributed by atoms with E-state index in [0.717, 1.165) is 12.3 Å². The van der Waals surface area contributed by atoms with E-state index in [1.54, 1.807) is 0 Å². The molecule has 3 heteroatoms. The number of ether oxygens (including phenoxy) is 1. The van der Waals surface area contributed by atoms with Gasteiger partial charge in [0, 0.05) is 6.61 Å². The van der Waals surface area contributed by atoms with Crippen LogP contribution in [0.2, 0.25) is 0 Å². The topological polar surface area (TPSA) is 49.7 Å². The molecule has 146 valence electrons. The fraction of sp³-hybridized carbons (Fsp3) is 1.00. The zero-order valence-corrected chi connectivity index (χ0v) is 16.5. The summed E-state index contributed by atoms with van der Waals surface area (Å²) in [6.45, 7) is 5.11. The van der Waals surface area contributed by atoms with Crippen LogP contribution < -0.4 is 0 Å². The number of rotatable bonds is 19. The molecule has 0 aliphatic rings. The van der Waals surface area contributed by atoms with Crippen molar-refractivity contribution in [3.8, 4) is 0 Å². The summed E-state index contributed by atoms with van der Waals surface area (Å²) in [7, 11) is 0. The molecular formula is C21H44O3. The predicted octanol–water partition coefficient (Wildman–Crippen LogP) is 5.47. The van der Waals surface area contributed by atoms with Crippen LogP contribution >= 0.6 is 0 Å². The lowest BCUT2D eigenvalue weighted by molar-refractivity contribution is -0.0208. The van der Waals surface area contributed by atoms with E-state index in [-0.39, 0.29) is 19.3 Å². The van der Waals surface area contributed by atoms with Gasteiger partial charge in [0.25, 0.3) is 0 Å². The van der Waals surface area contributed by atoms with Crippen LogP contribution in [0.1, 0.15) is 104 Å². The molecule has 0 atom stereocenters. The van der Waals surface area contributed by atoms with Crippen LogP contribution in [0.5, 0.6) is 0 Å². The molecule has 0 bridgehead atoms. The van der Waals surface area contributed by atoms with E-state index < -0.39 is 0 Å². The highest BCUT2D eigenvalue weighted by atomic mass is 16.5. The lowest BCUT2D eigenvalue weighted by Crippen LogP contribution is -2.22. The molecule has 0 amide bonds. The monoisotopic (exact) mass is 344 g/mol. The minimum atomic E-state index is -0.389. The summed E-state index contributed by atoms with van der Waals surface area (Å²) < 4.78 is 5.36. The molecular weight excluding hydrogens is 300 g/mol. The van der Waals surface area contributed by atoms with E-state index in [2.05, 4.69) is 13.8 Å². The van der Waals surface area contributed by atoms with Crippen LogP contribution in [0.3, 0.4) is 0 Å². The summed E-state index contributed by atoms with van der Waals surface area (Å²) in [5.41, 5.74) is 0. The van der Waals surface area contributed by atoms with Gasteiger partial charge in [0.2, 0.25) is 0 Å². The van der Waals surface area contributed by atoms with Crippen molar-refractivity contribution >= 4 is 0 Å². The number of hydrogen-bond acceptors (Lipinski definition) is 3. The average molecular weight is 345 g/mol. The molecule has 0 radical (unpaired) electrons. The van der Waals surface area contributed by atoms with Crippen LogP contribution in [0.15, 0.2) is 0 Å². The first kappa shape index (κ1) is 23.9. The van der Waals surface area contributed by atoms with E-state index >= 15 is 0 Å². The van der Waals surface area contributed by atoms with Crippen LogP contribution in [0, 0.1) is 5.92 Å². The standard InChI is InChI=1S/C21H44O3/c1-20(2)16-14-12-10-8-6-4-3-5-7-9-11-13-15-17-24-21(18-22)19-23/h20-23H,3-19H2,1-2H3. The largest absolute Gasteiger partial charge is 0.394 e. The highest BCUT2D eigenvalue weighted by Crippen LogP contribution is 2.14. The maximum absolute atomic E-state index is 8.88. The Balaban J connectivity index is 3.05. The van der Waals surface area contributed by atoms with Gasteiger partial charge in [0.05, 0.1) is 13.2 Å². The molecule has 0 aromatic heterocycles. The lowest BCUT2D eigenvalue weighted by atomic mass is 10.0. The van der Waals surface area contributed by atoms with Crippen LogP contribution in [0.4, 0.5) is 0 Å². The Hall–Kier alpha value is -0.120. The molecule has 24 heavy (non-hydrogen) atoms. The molecule has 3 nitrogen and oxygen atoms in total. The molecule has 0 spiro atoms. The predicted molar refractivity (Wildman–Crippen MR) is 103 cm³/mol. The minimum Gasteiger partial charge on any atom is -0.394 e. The van der Waals surface area contributed by atoms with Crippen molar-refractivity contribution < 1.29 is 14.9 Å². The smallest absolute Gasteiger partial charge is 0.104 e. The summed E-state index contributed by atoms with van der Waals surface area (Å²) in [5, 5.41) is 17.8. The number of hydrogen-bond donors (Lipinski definition) is 2. The van der Waals surface area contributed by atoms with Gasteiger partial charge in [-0.2, -0.15) is 0 Å². The van der Waals surface area contributed by atoms with Gasteiger partial charge in [0.1, 0.15) is 6.10 Å². The fourth-order valence-corrected chi connectivity index (χ4v) is 3.01. The normalized spacial score (nSPS) is 11.8. The van der Waals surface area contributed by atoms with Gasteiger partial charge in [0.15, 0.2) is 0 Å². The minimum absolute atomic E-state index is 0.0888. The third-order valence-corrected chi connectivity index (χ3v) is 4.69. The van der Waals surface area contributed by atoms with Crippen molar-refractivity contribution in [3.63, 3.8) is 0 Å². The molecule has 0 aromatic carbocycles. The molecule has 0 aromatic rings. The van der Waals surface area contributed by atoms with Crippen molar-refractivity contribution in [3.05, 3.63) is 0 Å². The van der Waals surface area contributed by atoms with E-state index in [4.69, 9.17) is 14.9 Å². The summed E-state index contributed by atoms with van der Waals surface area (Å²) in [6.07, 6.45) is 18.6. The second kappa shape index (κ2) is 19.2. The molecule has 0 saturated carbocycles. The fourth-order valence-electron chi connectivity index (χ4n) is 3.01. The van der Waals surface area contributed by atoms with Crippen LogP contribution in [-0.2, 0) is 4.74 Å². The van der Waals surface area contributed by atoms with Crippen LogP contribution in [-0.4, -0.2) is 36.1 Å². The van der Waals surface area contributed by atoms with Gasteiger partial charge in [-0.05, 0) is 12.3 Å². The molecule has 0 aliphatic carbocycles. The van der Waals surface area contributed by atoms with Gasteiger partial charge in [-0.1, -0.05) is 97.3 Å². The van der Waals surface area contributed by atoms with Gasteiger partial charge >= 0.3 is 0 Å². The second-order valence-corrected chi connectivity index (χ2v) is 7.64. The molecule has 2 N–H and O–H groups in total. The summed E-state index contributed by atoms with van der Waals surface area (Å²) >= 11 is 0. The van der Waals surface area contributed by atoms with Crippen molar-refractivity contribution in [2.75, 3.05) is 19.8 Å². The zero-order valence-electron chi connectivity index (χ0n) is 16.5. The zero-order chi connectivity index (χ0) is 17.9. The van der Waals surface area contributed by atoms with E-state index in [1.165, 1.54) is 83.5 Å². The molecule has 0 heterocycles. The number of unbranched alkanes of at least 4 members (excludes halogenated alkanes) is 12. The van der Waals surface area contributed by atoms with Crippen molar-refractivity contribution in [1.29, 1.82) is 0 Å². The molecule has 0 aliphatic heterocycles. The number of aliphatic hydroxyl groups is 2. The van der Waals surface area contributed by atoms with E-state index in [0.29, 0.717) is 6.61 Å². The van der Waals surface area contributed by atoms with E-state index in [9.17, 15) is 0 Å². The third kappa shape index (κ3) is 18.2. The Morgan fingerprint density at radius 1 is 0.583 bits per heavy atom. The van der Waals surface area contributed by atoms with Gasteiger partial charge in [-0.15, -0.1) is 0 Å². The Labute approximate surface area is 151 Å². The maximum Gasteiger partial charge on any atom is 0.104 e. The highest BCUT2D eigenvalue weighted by Gasteiger charge is 2.04. The maximum atomic E-state index is 8.88. The van der Waals surface area contributed by atoms with Gasteiger partial charge < -0.3 is 14.9 Å². The number of aliphatic hydroxyl groups excluding tert-OH is 2. The summed E-state index contributed by atoms with van der Waals surface area (Å²) in [4.78, 5) is 0. The Bertz CT molecular complexity index is 227. The summed E-state index contributed by atoms with van der Waals surface area (Å²) in [5.74, 6) is 0.871. The van der Waals surface area contributed by atoms with E-state index in [1.807, 2.05) is 0 Å². The molecule has 0 rings (SSSR count). The highest BCUT2D eigenvalue weighted by molar-refractivity contribution is 4.53. The first-order valence-corrected chi connectivity index (χ1v) is 10.5. The quantitative estimate of drug-likeness (QED) is 0.305. The third-order valence-electron chi connectivity index (χ3n) is 4.69. The Morgan fingerprint density at radius 3 is 1.33 bits per heavy atom. The summed E-state index contributed by atoms with van der Waals surface area (Å²) in [6, 6.07) is 0. The first-order valence-electron chi connectivity index (χ1n) is 10.5. The van der Waals surface area contributed by atoms with Crippen molar-refractivity contribution in [2.45, 2.75) is 110 Å². The van der Waals surface area contributed by atoms with Gasteiger partial charge in [-0.25, -0.2) is 0 Å². The van der Waals surface area contributed by atoms with Crippen molar-refractivity contribution in [2.24, 2.45) is 5.92 Å². The van der Waals surface area contributed by atoms with Gasteiger partial charge in [-0.3, -0.25) is 0 Å². The molecule has 0 fully saturated rings. The van der Waals surface area contributed by atoms with Crippen LogP contribution in [0.25, 0.3) is 0 Å². The SMILES string of the molecule is CC(C)CCCCCCCCCCCCCCCOC(CO)CO. The Kier molecular flexibility index (Phi) is 19.1.